The smallest absolute Gasteiger partial charge is 0.0693 e. The van der Waals surface area contributed by atoms with E-state index in [-0.39, 0.29) is 13.2 Å². The van der Waals surface area contributed by atoms with E-state index in [1.807, 2.05) is 24.3 Å². The molecule has 0 spiro atoms. The molecule has 0 unspecified atom stereocenters. The van der Waals surface area contributed by atoms with Crippen LogP contribution in [0.2, 0.25) is 0 Å². The lowest BCUT2D eigenvalue weighted by Gasteiger charge is -2.22. The summed E-state index contributed by atoms with van der Waals surface area (Å²) in [6.45, 7) is 0.0630. The lowest BCUT2D eigenvalue weighted by Crippen LogP contribution is -1.99. The topological polar surface area (TPSA) is 40.5 Å². The molecule has 0 saturated heterocycles. The molecule has 2 aromatic rings. The summed E-state index contributed by atoms with van der Waals surface area (Å²) >= 11 is 3.34. The van der Waals surface area contributed by atoms with Gasteiger partial charge in [-0.1, -0.05) is 47.8 Å². The van der Waals surface area contributed by atoms with E-state index in [0.717, 1.165) is 20.9 Å². The van der Waals surface area contributed by atoms with E-state index in [1.165, 1.54) is 9.79 Å². The normalized spacial score (nSPS) is 13.0. The number of fused-ring (bicyclic) bond motifs is 2. The van der Waals surface area contributed by atoms with Crippen molar-refractivity contribution in [2.75, 3.05) is 0 Å². The molecule has 0 amide bonds. The average molecular weight is 276 g/mol. The molecule has 1 heterocycles. The van der Waals surface area contributed by atoms with Gasteiger partial charge < -0.3 is 10.2 Å². The summed E-state index contributed by atoms with van der Waals surface area (Å²) in [7, 11) is 0. The Balaban J connectivity index is 2.16. The first kappa shape index (κ1) is 12.1. The van der Waals surface area contributed by atoms with Crippen LogP contribution in [0.15, 0.2) is 56.0 Å². The van der Waals surface area contributed by atoms with E-state index in [4.69, 9.17) is 0 Å². The monoisotopic (exact) mass is 276 g/mol. The van der Waals surface area contributed by atoms with Gasteiger partial charge in [0.15, 0.2) is 0 Å². The summed E-state index contributed by atoms with van der Waals surface area (Å²) in [5.74, 6) is 0. The zero-order valence-corrected chi connectivity index (χ0v) is 11.2. The molecule has 1 aliphatic rings. The zero-order valence-electron chi connectivity index (χ0n) is 9.59. The Morgan fingerprint density at radius 3 is 1.56 bits per heavy atom. The Kier molecular flexibility index (Phi) is 3.35. The van der Waals surface area contributed by atoms with Crippen molar-refractivity contribution in [3.8, 4) is 0 Å². The molecule has 0 fully saturated rings. The molecular formula is C14H12O2S2. The minimum absolute atomic E-state index is 0.0315. The molecule has 3 rings (SSSR count). The first-order valence-corrected chi connectivity index (χ1v) is 7.28. The van der Waals surface area contributed by atoms with Gasteiger partial charge in [0.1, 0.15) is 0 Å². The number of aliphatic hydroxyl groups is 2. The van der Waals surface area contributed by atoms with Crippen molar-refractivity contribution in [2.24, 2.45) is 0 Å². The van der Waals surface area contributed by atoms with Crippen molar-refractivity contribution >= 4 is 23.5 Å². The van der Waals surface area contributed by atoms with Crippen molar-refractivity contribution in [3.05, 3.63) is 47.5 Å². The first-order chi connectivity index (χ1) is 8.83. The minimum Gasteiger partial charge on any atom is -0.392 e. The van der Waals surface area contributed by atoms with Gasteiger partial charge in [-0.05, 0) is 23.3 Å². The predicted octanol–water partition coefficient (Wildman–Crippen LogP) is 3.29. The SMILES string of the molecule is OCc1ccc(CO)c2c1Sc1ccccc1S2. The van der Waals surface area contributed by atoms with Gasteiger partial charge in [0.25, 0.3) is 0 Å². The van der Waals surface area contributed by atoms with Crippen molar-refractivity contribution < 1.29 is 10.2 Å². The van der Waals surface area contributed by atoms with Crippen LogP contribution in [0.4, 0.5) is 0 Å². The van der Waals surface area contributed by atoms with Gasteiger partial charge in [0.2, 0.25) is 0 Å². The molecule has 1 aliphatic heterocycles. The van der Waals surface area contributed by atoms with Gasteiger partial charge in [-0.3, -0.25) is 0 Å². The molecule has 2 aromatic carbocycles. The van der Waals surface area contributed by atoms with E-state index in [0.29, 0.717) is 0 Å². The third-order valence-electron chi connectivity index (χ3n) is 2.89. The zero-order chi connectivity index (χ0) is 12.5. The molecule has 92 valence electrons. The quantitative estimate of drug-likeness (QED) is 0.753. The van der Waals surface area contributed by atoms with Crippen LogP contribution in [-0.2, 0) is 13.2 Å². The Bertz CT molecular complexity index is 544. The third kappa shape index (κ3) is 1.95. The lowest BCUT2D eigenvalue weighted by molar-refractivity contribution is 0.272. The molecule has 0 bridgehead atoms. The maximum atomic E-state index is 9.42. The molecule has 4 heteroatoms. The molecule has 2 N–H and O–H groups in total. The number of benzene rings is 2. The van der Waals surface area contributed by atoms with Crippen molar-refractivity contribution in [1.29, 1.82) is 0 Å². The first-order valence-electron chi connectivity index (χ1n) is 5.64. The summed E-state index contributed by atoms with van der Waals surface area (Å²) in [5, 5.41) is 18.8. The highest BCUT2D eigenvalue weighted by Gasteiger charge is 2.21. The molecule has 0 atom stereocenters. The average Bonchev–Trinajstić information content (AvgIpc) is 2.44. The molecule has 0 aliphatic carbocycles. The Morgan fingerprint density at radius 1 is 0.722 bits per heavy atom. The van der Waals surface area contributed by atoms with E-state index in [9.17, 15) is 10.2 Å². The van der Waals surface area contributed by atoms with Crippen LogP contribution < -0.4 is 0 Å². The van der Waals surface area contributed by atoms with Crippen LogP contribution in [0.25, 0.3) is 0 Å². The van der Waals surface area contributed by atoms with Crippen molar-refractivity contribution in [2.45, 2.75) is 32.8 Å². The summed E-state index contributed by atoms with van der Waals surface area (Å²) < 4.78 is 0. The summed E-state index contributed by atoms with van der Waals surface area (Å²) in [5.41, 5.74) is 1.85. The molecule has 0 radical (unpaired) electrons. The van der Waals surface area contributed by atoms with E-state index in [1.54, 1.807) is 23.5 Å². The van der Waals surface area contributed by atoms with Gasteiger partial charge in [-0.15, -0.1) is 0 Å². The standard InChI is InChI=1S/C14H12O2S2/c15-7-9-5-6-10(8-16)14-13(9)17-11-3-1-2-4-12(11)18-14/h1-6,15-16H,7-8H2. The highest BCUT2D eigenvalue weighted by atomic mass is 32.2. The molecule has 0 saturated carbocycles. The molecule has 18 heavy (non-hydrogen) atoms. The Morgan fingerprint density at radius 2 is 1.17 bits per heavy atom. The number of aliphatic hydroxyl groups excluding tert-OH is 2. The van der Waals surface area contributed by atoms with Gasteiger partial charge in [0.05, 0.1) is 13.2 Å². The fourth-order valence-electron chi connectivity index (χ4n) is 1.96. The Labute approximate surface area is 114 Å². The van der Waals surface area contributed by atoms with Crippen LogP contribution in [-0.4, -0.2) is 10.2 Å². The van der Waals surface area contributed by atoms with E-state index in [2.05, 4.69) is 12.1 Å². The highest BCUT2D eigenvalue weighted by Crippen LogP contribution is 2.50. The van der Waals surface area contributed by atoms with Crippen molar-refractivity contribution in [1.82, 2.24) is 0 Å². The maximum Gasteiger partial charge on any atom is 0.0693 e. The summed E-state index contributed by atoms with van der Waals surface area (Å²) in [6.07, 6.45) is 0. The maximum absolute atomic E-state index is 9.42. The number of rotatable bonds is 2. The fourth-order valence-corrected chi connectivity index (χ4v) is 4.50. The lowest BCUT2D eigenvalue weighted by atomic mass is 10.1. The van der Waals surface area contributed by atoms with Crippen LogP contribution in [0, 0.1) is 0 Å². The van der Waals surface area contributed by atoms with Gasteiger partial charge >= 0.3 is 0 Å². The second-order valence-electron chi connectivity index (χ2n) is 4.01. The summed E-state index contributed by atoms with van der Waals surface area (Å²) in [4.78, 5) is 4.57. The van der Waals surface area contributed by atoms with Gasteiger partial charge in [0, 0.05) is 19.6 Å². The van der Waals surface area contributed by atoms with Gasteiger partial charge in [-0.25, -0.2) is 0 Å². The van der Waals surface area contributed by atoms with Crippen LogP contribution >= 0.6 is 23.5 Å². The third-order valence-corrected chi connectivity index (χ3v) is 5.64. The second-order valence-corrected chi connectivity index (χ2v) is 6.11. The molecular weight excluding hydrogens is 264 g/mol. The predicted molar refractivity (Wildman–Crippen MR) is 73.0 cm³/mol. The Hall–Kier alpha value is -0.940. The molecule has 2 nitrogen and oxygen atoms in total. The van der Waals surface area contributed by atoms with Crippen LogP contribution in [0.5, 0.6) is 0 Å². The molecule has 0 aromatic heterocycles. The highest BCUT2D eigenvalue weighted by molar-refractivity contribution is 8.05. The van der Waals surface area contributed by atoms with Crippen LogP contribution in [0.1, 0.15) is 11.1 Å². The van der Waals surface area contributed by atoms with Crippen molar-refractivity contribution in [3.63, 3.8) is 0 Å². The number of hydrogen-bond donors (Lipinski definition) is 2. The minimum atomic E-state index is 0.0315. The largest absolute Gasteiger partial charge is 0.392 e. The summed E-state index contributed by atoms with van der Waals surface area (Å²) in [6, 6.07) is 12.0. The second kappa shape index (κ2) is 4.97. The van der Waals surface area contributed by atoms with E-state index >= 15 is 0 Å². The van der Waals surface area contributed by atoms with E-state index < -0.39 is 0 Å². The fraction of sp³-hybridized carbons (Fsp3) is 0.143. The van der Waals surface area contributed by atoms with Gasteiger partial charge in [-0.2, -0.15) is 0 Å². The number of hydrogen-bond acceptors (Lipinski definition) is 4. The van der Waals surface area contributed by atoms with Crippen LogP contribution in [0.3, 0.4) is 0 Å².